The van der Waals surface area contributed by atoms with Crippen molar-refractivity contribution in [2.45, 2.75) is 6.42 Å². The molecule has 15 heavy (non-hydrogen) atoms. The molecule has 0 bridgehead atoms. The molecule has 0 amide bonds. The van der Waals surface area contributed by atoms with Gasteiger partial charge in [-0.1, -0.05) is 24.3 Å². The zero-order valence-electron chi connectivity index (χ0n) is 8.13. The van der Waals surface area contributed by atoms with Crippen LogP contribution in [0.1, 0.15) is 5.56 Å². The molecule has 0 aliphatic carbocycles. The monoisotopic (exact) mass is 198 g/mol. The molecule has 0 aliphatic heterocycles. The highest BCUT2D eigenvalue weighted by molar-refractivity contribution is 5.58. The summed E-state index contributed by atoms with van der Waals surface area (Å²) in [4.78, 5) is 18.6. The molecule has 0 N–H and O–H groups in total. The first-order chi connectivity index (χ1) is 7.40. The number of hydrogen-bond donors (Lipinski definition) is 0. The Kier molecular flexibility index (Phi) is 2.83. The third kappa shape index (κ3) is 2.26. The Labute approximate surface area is 87.8 Å². The second kappa shape index (κ2) is 4.46. The number of aldehydes is 1. The van der Waals surface area contributed by atoms with Gasteiger partial charge in [0.1, 0.15) is 6.29 Å². The van der Waals surface area contributed by atoms with Gasteiger partial charge in [-0.2, -0.15) is 0 Å². The van der Waals surface area contributed by atoms with Gasteiger partial charge in [0.05, 0.1) is 0 Å². The summed E-state index contributed by atoms with van der Waals surface area (Å²) in [6.07, 6.45) is 4.77. The fourth-order valence-corrected chi connectivity index (χ4v) is 1.33. The molecule has 2 rings (SSSR count). The maximum absolute atomic E-state index is 10.3. The molecular formula is C12H10N2O. The quantitative estimate of drug-likeness (QED) is 0.707. The van der Waals surface area contributed by atoms with Crippen molar-refractivity contribution in [1.29, 1.82) is 0 Å². The van der Waals surface area contributed by atoms with Crippen LogP contribution in [0.4, 0.5) is 0 Å². The molecule has 74 valence electrons. The smallest absolute Gasteiger partial charge is 0.159 e. The maximum Gasteiger partial charge on any atom is 0.159 e. The van der Waals surface area contributed by atoms with Gasteiger partial charge in [-0.15, -0.1) is 0 Å². The van der Waals surface area contributed by atoms with E-state index in [0.717, 1.165) is 17.4 Å². The third-order valence-electron chi connectivity index (χ3n) is 2.10. The molecule has 0 aliphatic rings. The predicted octanol–water partition coefficient (Wildman–Crippen LogP) is 1.89. The van der Waals surface area contributed by atoms with Crippen LogP contribution in [-0.4, -0.2) is 16.3 Å². The first kappa shape index (κ1) is 9.52. The normalized spacial score (nSPS) is 9.87. The van der Waals surface area contributed by atoms with Crippen molar-refractivity contribution in [2.24, 2.45) is 0 Å². The highest BCUT2D eigenvalue weighted by Crippen LogP contribution is 2.14. The van der Waals surface area contributed by atoms with Gasteiger partial charge < -0.3 is 4.79 Å². The fraction of sp³-hybridized carbons (Fsp3) is 0.0833. The second-order valence-corrected chi connectivity index (χ2v) is 3.14. The summed E-state index contributed by atoms with van der Waals surface area (Å²) in [6, 6.07) is 9.47. The van der Waals surface area contributed by atoms with Gasteiger partial charge >= 0.3 is 0 Å². The van der Waals surface area contributed by atoms with E-state index in [2.05, 4.69) is 9.97 Å². The molecule has 0 atom stereocenters. The topological polar surface area (TPSA) is 42.9 Å². The molecule has 2 aromatic rings. The van der Waals surface area contributed by atoms with Gasteiger partial charge in [0.2, 0.25) is 0 Å². The van der Waals surface area contributed by atoms with E-state index in [1.807, 2.05) is 24.3 Å². The Hall–Kier alpha value is -2.03. The van der Waals surface area contributed by atoms with E-state index < -0.39 is 0 Å². The summed E-state index contributed by atoms with van der Waals surface area (Å²) < 4.78 is 0. The molecule has 0 spiro atoms. The minimum absolute atomic E-state index is 0.454. The second-order valence-electron chi connectivity index (χ2n) is 3.14. The lowest BCUT2D eigenvalue weighted by Gasteiger charge is -2.00. The van der Waals surface area contributed by atoms with Crippen molar-refractivity contribution >= 4 is 6.29 Å². The van der Waals surface area contributed by atoms with E-state index in [-0.39, 0.29) is 0 Å². The van der Waals surface area contributed by atoms with Crippen molar-refractivity contribution in [3.8, 4) is 11.4 Å². The zero-order chi connectivity index (χ0) is 10.5. The van der Waals surface area contributed by atoms with Crippen LogP contribution < -0.4 is 0 Å². The molecular weight excluding hydrogens is 188 g/mol. The standard InChI is InChI=1S/C12H10N2O/c15-9-6-10-2-4-11(5-3-10)12-13-7-1-8-14-12/h1-5,7-9H,6H2. The summed E-state index contributed by atoms with van der Waals surface area (Å²) in [5.74, 6) is 0.704. The molecule has 1 heterocycles. The Morgan fingerprint density at radius 3 is 2.33 bits per heavy atom. The number of rotatable bonds is 3. The third-order valence-corrected chi connectivity index (χ3v) is 2.10. The van der Waals surface area contributed by atoms with E-state index >= 15 is 0 Å². The van der Waals surface area contributed by atoms with Crippen molar-refractivity contribution < 1.29 is 4.79 Å². The number of hydrogen-bond acceptors (Lipinski definition) is 3. The van der Waals surface area contributed by atoms with Crippen molar-refractivity contribution in [2.75, 3.05) is 0 Å². The van der Waals surface area contributed by atoms with Crippen LogP contribution in [-0.2, 0) is 11.2 Å². The first-order valence-electron chi connectivity index (χ1n) is 4.70. The van der Waals surface area contributed by atoms with Crippen LogP contribution >= 0.6 is 0 Å². The van der Waals surface area contributed by atoms with E-state index in [1.165, 1.54) is 0 Å². The average molecular weight is 198 g/mol. The number of nitrogens with zero attached hydrogens (tertiary/aromatic N) is 2. The van der Waals surface area contributed by atoms with Crippen LogP contribution in [0.15, 0.2) is 42.7 Å². The zero-order valence-corrected chi connectivity index (χ0v) is 8.13. The van der Waals surface area contributed by atoms with Crippen LogP contribution in [0.2, 0.25) is 0 Å². The van der Waals surface area contributed by atoms with Crippen LogP contribution in [0, 0.1) is 0 Å². The van der Waals surface area contributed by atoms with Gasteiger partial charge in [0, 0.05) is 24.4 Å². The van der Waals surface area contributed by atoms with Gasteiger partial charge in [-0.3, -0.25) is 0 Å². The van der Waals surface area contributed by atoms with Gasteiger partial charge in [-0.05, 0) is 11.6 Å². The van der Waals surface area contributed by atoms with Gasteiger partial charge in [-0.25, -0.2) is 9.97 Å². The average Bonchev–Trinajstić information content (AvgIpc) is 2.32. The maximum atomic E-state index is 10.3. The predicted molar refractivity (Wildman–Crippen MR) is 57.2 cm³/mol. The van der Waals surface area contributed by atoms with Crippen LogP contribution in [0.25, 0.3) is 11.4 Å². The fourth-order valence-electron chi connectivity index (χ4n) is 1.33. The molecule has 1 aromatic carbocycles. The SMILES string of the molecule is O=CCc1ccc(-c2ncccn2)cc1. The Morgan fingerprint density at radius 1 is 1.07 bits per heavy atom. The van der Waals surface area contributed by atoms with E-state index in [0.29, 0.717) is 12.2 Å². The highest BCUT2D eigenvalue weighted by Gasteiger charge is 1.99. The Morgan fingerprint density at radius 2 is 1.73 bits per heavy atom. The lowest BCUT2D eigenvalue weighted by atomic mass is 10.1. The molecule has 0 saturated heterocycles. The largest absolute Gasteiger partial charge is 0.303 e. The molecule has 1 aromatic heterocycles. The van der Waals surface area contributed by atoms with Crippen molar-refractivity contribution in [3.63, 3.8) is 0 Å². The minimum Gasteiger partial charge on any atom is -0.303 e. The molecule has 0 unspecified atom stereocenters. The van der Waals surface area contributed by atoms with Crippen molar-refractivity contribution in [1.82, 2.24) is 9.97 Å². The summed E-state index contributed by atoms with van der Waals surface area (Å²) in [5, 5.41) is 0. The van der Waals surface area contributed by atoms with Crippen LogP contribution in [0.3, 0.4) is 0 Å². The first-order valence-corrected chi connectivity index (χ1v) is 4.70. The lowest BCUT2D eigenvalue weighted by Crippen LogP contribution is -1.88. The van der Waals surface area contributed by atoms with Crippen LogP contribution in [0.5, 0.6) is 0 Å². The molecule has 0 fully saturated rings. The summed E-state index contributed by atoms with van der Waals surface area (Å²) in [7, 11) is 0. The molecule has 3 heteroatoms. The summed E-state index contributed by atoms with van der Waals surface area (Å²) >= 11 is 0. The molecule has 0 radical (unpaired) electrons. The Bertz CT molecular complexity index is 437. The van der Waals surface area contributed by atoms with E-state index in [1.54, 1.807) is 18.5 Å². The van der Waals surface area contributed by atoms with Gasteiger partial charge in [0.15, 0.2) is 5.82 Å². The highest BCUT2D eigenvalue weighted by atomic mass is 16.1. The number of benzene rings is 1. The number of aromatic nitrogens is 2. The van der Waals surface area contributed by atoms with E-state index in [4.69, 9.17) is 0 Å². The Balaban J connectivity index is 2.28. The molecule has 0 saturated carbocycles. The number of carbonyl (C=O) groups excluding carboxylic acids is 1. The minimum atomic E-state index is 0.454. The number of carbonyl (C=O) groups is 1. The lowest BCUT2D eigenvalue weighted by molar-refractivity contribution is -0.107. The summed E-state index contributed by atoms with van der Waals surface area (Å²) in [6.45, 7) is 0. The van der Waals surface area contributed by atoms with Gasteiger partial charge in [0.25, 0.3) is 0 Å². The van der Waals surface area contributed by atoms with Crippen molar-refractivity contribution in [3.05, 3.63) is 48.3 Å². The summed E-state index contributed by atoms with van der Waals surface area (Å²) in [5.41, 5.74) is 1.97. The van der Waals surface area contributed by atoms with E-state index in [9.17, 15) is 4.79 Å². The molecule has 3 nitrogen and oxygen atoms in total.